The fourth-order valence-corrected chi connectivity index (χ4v) is 5.19. The van der Waals surface area contributed by atoms with Crippen LogP contribution in [0.25, 0.3) is 10.8 Å². The van der Waals surface area contributed by atoms with E-state index in [0.717, 1.165) is 15.9 Å². The Balaban J connectivity index is 1.63. The van der Waals surface area contributed by atoms with Crippen LogP contribution < -0.4 is 5.32 Å². The number of piperazine rings is 1. The monoisotopic (exact) mass is 472 g/mol. The Morgan fingerprint density at radius 2 is 1.85 bits per heavy atom. The normalized spacial score (nSPS) is 24.1. The van der Waals surface area contributed by atoms with Gasteiger partial charge in [0.05, 0.1) is 6.26 Å². The molecule has 174 valence electrons. The third kappa shape index (κ3) is 4.60. The summed E-state index contributed by atoms with van der Waals surface area (Å²) < 4.78 is 25.3. The minimum atomic E-state index is -3.64. The van der Waals surface area contributed by atoms with Gasteiger partial charge in [0.25, 0.3) is 5.91 Å². The standard InChI is InChI=1S/C22H24N4O6S/c1-33(31,32)25-12-15-7-3-5-9-17(21(28)26(15)18(13-25)22(29)30)24-20(27)19-16-8-4-2-6-14(16)10-11-23-19/h2-6,8,10-11,15,17-18H,7,9,12-13H2,1H3,(H,24,27)(H,29,30)/t15-,17-,18-/m0/s1. The molecule has 0 unspecified atom stereocenters. The molecule has 1 aromatic heterocycles. The summed E-state index contributed by atoms with van der Waals surface area (Å²) in [6, 6.07) is 5.99. The molecule has 1 aromatic carbocycles. The molecule has 2 amide bonds. The Morgan fingerprint density at radius 3 is 2.58 bits per heavy atom. The number of pyridine rings is 1. The number of hydrogen-bond donors (Lipinski definition) is 2. The molecule has 1 fully saturated rings. The second kappa shape index (κ2) is 8.91. The fourth-order valence-electron chi connectivity index (χ4n) is 4.34. The van der Waals surface area contributed by atoms with Crippen LogP contribution in [-0.2, 0) is 19.6 Å². The number of nitrogens with one attached hydrogen (secondary N) is 1. The molecule has 11 heteroatoms. The molecule has 4 rings (SSSR count). The summed E-state index contributed by atoms with van der Waals surface area (Å²) in [6.45, 7) is -0.351. The molecule has 0 spiro atoms. The molecule has 3 heterocycles. The lowest BCUT2D eigenvalue weighted by atomic mass is 9.98. The number of carbonyl (C=O) groups excluding carboxylic acids is 2. The quantitative estimate of drug-likeness (QED) is 0.622. The Labute approximate surface area is 190 Å². The average Bonchev–Trinajstić information content (AvgIpc) is 2.77. The first-order valence-corrected chi connectivity index (χ1v) is 12.3. The van der Waals surface area contributed by atoms with Crippen molar-refractivity contribution in [3.8, 4) is 0 Å². The van der Waals surface area contributed by atoms with Crippen LogP contribution in [0.2, 0.25) is 0 Å². The smallest absolute Gasteiger partial charge is 0.327 e. The van der Waals surface area contributed by atoms with E-state index in [1.165, 1.54) is 11.1 Å². The maximum Gasteiger partial charge on any atom is 0.327 e. The number of fused-ring (bicyclic) bond motifs is 2. The van der Waals surface area contributed by atoms with E-state index in [-0.39, 0.29) is 25.2 Å². The summed E-state index contributed by atoms with van der Waals surface area (Å²) in [5.74, 6) is -2.40. The van der Waals surface area contributed by atoms with E-state index in [1.807, 2.05) is 12.1 Å². The van der Waals surface area contributed by atoms with E-state index in [9.17, 15) is 27.9 Å². The topological polar surface area (TPSA) is 137 Å². The van der Waals surface area contributed by atoms with Gasteiger partial charge in [0.15, 0.2) is 0 Å². The van der Waals surface area contributed by atoms with E-state index < -0.39 is 45.9 Å². The Kier molecular flexibility index (Phi) is 6.17. The van der Waals surface area contributed by atoms with Crippen LogP contribution >= 0.6 is 0 Å². The molecule has 10 nitrogen and oxygen atoms in total. The van der Waals surface area contributed by atoms with Crippen LogP contribution in [0.15, 0.2) is 48.7 Å². The summed E-state index contributed by atoms with van der Waals surface area (Å²) in [7, 11) is -3.64. The molecular formula is C22H24N4O6S. The molecule has 33 heavy (non-hydrogen) atoms. The molecule has 0 radical (unpaired) electrons. The highest BCUT2D eigenvalue weighted by molar-refractivity contribution is 7.88. The molecule has 3 atom stereocenters. The number of sulfonamides is 1. The van der Waals surface area contributed by atoms with Gasteiger partial charge in [-0.05, 0) is 24.3 Å². The number of carbonyl (C=O) groups is 3. The van der Waals surface area contributed by atoms with Gasteiger partial charge in [0.1, 0.15) is 17.8 Å². The van der Waals surface area contributed by atoms with Crippen LogP contribution in [0.1, 0.15) is 23.3 Å². The summed E-state index contributed by atoms with van der Waals surface area (Å²) in [5, 5.41) is 13.9. The molecule has 2 aliphatic heterocycles. The SMILES string of the molecule is CS(=O)(=O)N1C[C@@H]2CC=CC[C@H](NC(=O)c3nccc4ccccc34)C(=O)N2[C@H](C(=O)O)C1. The minimum absolute atomic E-state index is 0.00968. The van der Waals surface area contributed by atoms with Crippen LogP contribution in [0, 0.1) is 0 Å². The van der Waals surface area contributed by atoms with Gasteiger partial charge in [0.2, 0.25) is 15.9 Å². The number of rotatable bonds is 4. The summed E-state index contributed by atoms with van der Waals surface area (Å²) >= 11 is 0. The second-order valence-electron chi connectivity index (χ2n) is 8.18. The maximum atomic E-state index is 13.5. The molecule has 2 aliphatic rings. The van der Waals surface area contributed by atoms with E-state index in [1.54, 1.807) is 30.4 Å². The molecular weight excluding hydrogens is 448 g/mol. The van der Waals surface area contributed by atoms with Crippen molar-refractivity contribution >= 4 is 38.6 Å². The zero-order chi connectivity index (χ0) is 23.8. The first kappa shape index (κ1) is 22.9. The van der Waals surface area contributed by atoms with Crippen LogP contribution in [0.4, 0.5) is 0 Å². The Bertz CT molecular complexity index is 1240. The van der Waals surface area contributed by atoms with E-state index in [4.69, 9.17) is 0 Å². The Hall–Kier alpha value is -3.31. The number of amides is 2. The van der Waals surface area contributed by atoms with Gasteiger partial charge in [-0.1, -0.05) is 36.4 Å². The number of carboxylic acid groups (broad SMARTS) is 1. The van der Waals surface area contributed by atoms with Gasteiger partial charge >= 0.3 is 5.97 Å². The lowest BCUT2D eigenvalue weighted by molar-refractivity contribution is -0.156. The molecule has 0 aliphatic carbocycles. The van der Waals surface area contributed by atoms with Crippen molar-refractivity contribution in [1.29, 1.82) is 0 Å². The number of aliphatic carboxylic acids is 1. The van der Waals surface area contributed by atoms with Crippen molar-refractivity contribution in [1.82, 2.24) is 19.5 Å². The van der Waals surface area contributed by atoms with Gasteiger partial charge < -0.3 is 15.3 Å². The molecule has 0 bridgehead atoms. The van der Waals surface area contributed by atoms with E-state index in [2.05, 4.69) is 10.3 Å². The van der Waals surface area contributed by atoms with Gasteiger partial charge in [0, 0.05) is 30.7 Å². The van der Waals surface area contributed by atoms with Crippen LogP contribution in [0.3, 0.4) is 0 Å². The van der Waals surface area contributed by atoms with E-state index >= 15 is 0 Å². The van der Waals surface area contributed by atoms with Crippen LogP contribution in [-0.4, -0.2) is 83.0 Å². The number of hydrogen-bond acceptors (Lipinski definition) is 6. The lowest BCUT2D eigenvalue weighted by Crippen LogP contribution is -2.66. The summed E-state index contributed by atoms with van der Waals surface area (Å²) in [6.07, 6.45) is 6.55. The zero-order valence-electron chi connectivity index (χ0n) is 17.9. The van der Waals surface area contributed by atoms with Crippen LogP contribution in [0.5, 0.6) is 0 Å². The first-order chi connectivity index (χ1) is 15.7. The number of benzene rings is 1. The van der Waals surface area contributed by atoms with Gasteiger partial charge in [-0.15, -0.1) is 0 Å². The molecule has 2 aromatic rings. The third-order valence-electron chi connectivity index (χ3n) is 5.97. The van der Waals surface area contributed by atoms with Gasteiger partial charge in [-0.25, -0.2) is 13.2 Å². The van der Waals surface area contributed by atoms with Gasteiger partial charge in [-0.3, -0.25) is 14.6 Å². The highest BCUT2D eigenvalue weighted by Crippen LogP contribution is 2.25. The number of aromatic nitrogens is 1. The third-order valence-corrected chi connectivity index (χ3v) is 7.20. The zero-order valence-corrected chi connectivity index (χ0v) is 18.7. The van der Waals surface area contributed by atoms with Crippen molar-refractivity contribution < 1.29 is 27.9 Å². The highest BCUT2D eigenvalue weighted by atomic mass is 32.2. The number of carboxylic acids is 1. The van der Waals surface area contributed by atoms with Crippen molar-refractivity contribution in [2.45, 2.75) is 31.0 Å². The summed E-state index contributed by atoms with van der Waals surface area (Å²) in [5.41, 5.74) is 0.167. The highest BCUT2D eigenvalue weighted by Gasteiger charge is 2.45. The maximum absolute atomic E-state index is 13.5. The van der Waals surface area contributed by atoms with E-state index in [0.29, 0.717) is 11.8 Å². The molecule has 1 saturated heterocycles. The van der Waals surface area contributed by atoms with Crippen molar-refractivity contribution in [2.24, 2.45) is 0 Å². The van der Waals surface area contributed by atoms with Crippen molar-refractivity contribution in [3.63, 3.8) is 0 Å². The fraction of sp³-hybridized carbons (Fsp3) is 0.364. The first-order valence-electron chi connectivity index (χ1n) is 10.5. The Morgan fingerprint density at radius 1 is 1.12 bits per heavy atom. The molecule has 2 N–H and O–H groups in total. The lowest BCUT2D eigenvalue weighted by Gasteiger charge is -2.45. The van der Waals surface area contributed by atoms with Gasteiger partial charge in [-0.2, -0.15) is 4.31 Å². The van der Waals surface area contributed by atoms with Crippen molar-refractivity contribution in [2.75, 3.05) is 19.3 Å². The average molecular weight is 473 g/mol. The summed E-state index contributed by atoms with van der Waals surface area (Å²) in [4.78, 5) is 43.9. The predicted octanol–water partition coefficient (Wildman–Crippen LogP) is 0.609. The predicted molar refractivity (Wildman–Crippen MR) is 120 cm³/mol. The largest absolute Gasteiger partial charge is 0.480 e. The van der Waals surface area contributed by atoms with Crippen molar-refractivity contribution in [3.05, 3.63) is 54.4 Å². The minimum Gasteiger partial charge on any atom is -0.480 e. The number of nitrogens with zero attached hydrogens (tertiary/aromatic N) is 3. The second-order valence-corrected chi connectivity index (χ2v) is 10.2. The molecule has 0 saturated carbocycles.